The van der Waals surface area contributed by atoms with Crippen LogP contribution in [0.2, 0.25) is 5.02 Å². The summed E-state index contributed by atoms with van der Waals surface area (Å²) in [6, 6.07) is 17.1. The summed E-state index contributed by atoms with van der Waals surface area (Å²) in [7, 11) is -1.95. The van der Waals surface area contributed by atoms with Crippen molar-refractivity contribution in [1.82, 2.24) is 9.97 Å². The summed E-state index contributed by atoms with van der Waals surface area (Å²) in [6.45, 7) is 0.228. The van der Waals surface area contributed by atoms with Crippen molar-refractivity contribution in [3.63, 3.8) is 0 Å². The molecule has 0 aliphatic carbocycles. The van der Waals surface area contributed by atoms with Gasteiger partial charge in [-0.1, -0.05) is 35.1 Å². The molecule has 4 aromatic rings. The van der Waals surface area contributed by atoms with Crippen LogP contribution in [0.25, 0.3) is 10.2 Å². The van der Waals surface area contributed by atoms with Crippen LogP contribution in [-0.4, -0.2) is 37.2 Å². The minimum absolute atomic E-state index is 0.0483. The summed E-state index contributed by atoms with van der Waals surface area (Å²) in [6.07, 6.45) is 1.89. The summed E-state index contributed by atoms with van der Waals surface area (Å²) in [5.41, 5.74) is 1.38. The van der Waals surface area contributed by atoms with E-state index in [9.17, 15) is 13.2 Å². The zero-order chi connectivity index (χ0) is 24.1. The summed E-state index contributed by atoms with van der Waals surface area (Å²) in [5.74, 6) is 0.250. The van der Waals surface area contributed by atoms with Gasteiger partial charge >= 0.3 is 0 Å². The van der Waals surface area contributed by atoms with Gasteiger partial charge in [-0.05, 0) is 55.0 Å². The Balaban J connectivity index is 1.54. The number of carbonyl (C=O) groups excluding carboxylic acids is 1. The number of pyridine rings is 1. The molecule has 1 amide bonds. The van der Waals surface area contributed by atoms with Crippen LogP contribution in [0.15, 0.2) is 71.8 Å². The lowest BCUT2D eigenvalue weighted by atomic mass is 10.2. The highest BCUT2D eigenvalue weighted by molar-refractivity contribution is 7.91. The summed E-state index contributed by atoms with van der Waals surface area (Å²) < 4.78 is 31.6. The summed E-state index contributed by atoms with van der Waals surface area (Å²) in [4.78, 5) is 24.0. The third-order valence-electron chi connectivity index (χ3n) is 5.15. The van der Waals surface area contributed by atoms with Gasteiger partial charge in [0.25, 0.3) is 0 Å². The lowest BCUT2D eigenvalue weighted by molar-refractivity contribution is -0.118. The number of benzene rings is 2. The molecule has 0 aliphatic heterocycles. The van der Waals surface area contributed by atoms with Crippen LogP contribution in [0, 0.1) is 0 Å². The Kier molecular flexibility index (Phi) is 7.45. The summed E-state index contributed by atoms with van der Waals surface area (Å²) in [5, 5.41) is 0.975. The number of anilines is 1. The van der Waals surface area contributed by atoms with Gasteiger partial charge in [0.2, 0.25) is 5.91 Å². The third-order valence-corrected chi connectivity index (χ3v) is 8.26. The van der Waals surface area contributed by atoms with E-state index in [1.54, 1.807) is 24.3 Å². The molecule has 0 unspecified atom stereocenters. The van der Waals surface area contributed by atoms with Crippen LogP contribution in [0.3, 0.4) is 0 Å². The first-order chi connectivity index (χ1) is 16.4. The molecule has 2 aromatic carbocycles. The Morgan fingerprint density at radius 3 is 2.59 bits per heavy atom. The molecule has 2 heterocycles. The molecule has 0 atom stereocenters. The van der Waals surface area contributed by atoms with Crippen molar-refractivity contribution in [1.29, 1.82) is 0 Å². The van der Waals surface area contributed by atoms with E-state index in [-0.39, 0.29) is 35.9 Å². The van der Waals surface area contributed by atoms with Crippen molar-refractivity contribution in [2.75, 3.05) is 17.8 Å². The summed E-state index contributed by atoms with van der Waals surface area (Å²) >= 11 is 7.23. The van der Waals surface area contributed by atoms with Gasteiger partial charge in [0, 0.05) is 17.6 Å². The standard InChI is InChI=1S/C24H22ClN3O4S2/c1-32-20-7-4-8-21-23(20)27-24(33-21)28(16-18-6-2-3-14-26-18)22(29)9-5-15-34(30,31)19-12-10-17(25)11-13-19/h2-4,6-8,10-14H,5,9,15-16H2,1H3. The van der Waals surface area contributed by atoms with Crippen LogP contribution >= 0.6 is 22.9 Å². The number of carbonyl (C=O) groups is 1. The number of rotatable bonds is 9. The van der Waals surface area contributed by atoms with Crippen LogP contribution in [0.4, 0.5) is 5.13 Å². The highest BCUT2D eigenvalue weighted by Gasteiger charge is 2.23. The molecule has 2 aromatic heterocycles. The zero-order valence-corrected chi connectivity index (χ0v) is 20.7. The van der Waals surface area contributed by atoms with Crippen molar-refractivity contribution in [2.24, 2.45) is 0 Å². The molecular weight excluding hydrogens is 494 g/mol. The number of aromatic nitrogens is 2. The highest BCUT2D eigenvalue weighted by atomic mass is 35.5. The SMILES string of the molecule is COc1cccc2sc(N(Cc3ccccn3)C(=O)CCCS(=O)(=O)c3ccc(Cl)cc3)nc12. The van der Waals surface area contributed by atoms with E-state index in [4.69, 9.17) is 16.3 Å². The molecular formula is C24H22ClN3O4S2. The predicted molar refractivity (Wildman–Crippen MR) is 134 cm³/mol. The number of sulfone groups is 1. The van der Waals surface area contributed by atoms with Gasteiger partial charge in [-0.2, -0.15) is 0 Å². The molecule has 10 heteroatoms. The molecule has 0 fully saturated rings. The zero-order valence-electron chi connectivity index (χ0n) is 18.3. The molecule has 176 valence electrons. The molecule has 34 heavy (non-hydrogen) atoms. The van der Waals surface area contributed by atoms with Gasteiger partial charge in [-0.25, -0.2) is 13.4 Å². The van der Waals surface area contributed by atoms with Crippen molar-refractivity contribution in [2.45, 2.75) is 24.3 Å². The van der Waals surface area contributed by atoms with Crippen molar-refractivity contribution < 1.29 is 17.9 Å². The fourth-order valence-corrected chi connectivity index (χ4v) is 5.85. The quantitative estimate of drug-likeness (QED) is 0.306. The van der Waals surface area contributed by atoms with Crippen LogP contribution in [0.1, 0.15) is 18.5 Å². The van der Waals surface area contributed by atoms with Crippen molar-refractivity contribution >= 4 is 54.0 Å². The fourth-order valence-electron chi connectivity index (χ4n) is 3.42. The number of para-hydroxylation sites is 1. The van der Waals surface area contributed by atoms with E-state index < -0.39 is 9.84 Å². The van der Waals surface area contributed by atoms with Gasteiger partial charge in [0.15, 0.2) is 15.0 Å². The average molecular weight is 516 g/mol. The van der Waals surface area contributed by atoms with E-state index in [0.717, 1.165) is 4.70 Å². The normalized spacial score (nSPS) is 11.5. The first-order valence-electron chi connectivity index (χ1n) is 10.5. The maximum atomic E-state index is 13.3. The number of halogens is 1. The van der Waals surface area contributed by atoms with Crippen molar-refractivity contribution in [3.8, 4) is 5.75 Å². The first-order valence-corrected chi connectivity index (χ1v) is 13.3. The average Bonchev–Trinajstić information content (AvgIpc) is 3.27. The number of hydrogen-bond donors (Lipinski definition) is 0. The molecule has 0 bridgehead atoms. The minimum atomic E-state index is -3.52. The Bertz CT molecular complexity index is 1390. The number of amides is 1. The number of hydrogen-bond acceptors (Lipinski definition) is 7. The third kappa shape index (κ3) is 5.55. The molecule has 7 nitrogen and oxygen atoms in total. The van der Waals surface area contributed by atoms with E-state index in [1.165, 1.54) is 35.6 Å². The maximum Gasteiger partial charge on any atom is 0.229 e. The lowest BCUT2D eigenvalue weighted by Gasteiger charge is -2.19. The van der Waals surface area contributed by atoms with E-state index in [2.05, 4.69) is 9.97 Å². The van der Waals surface area contributed by atoms with E-state index in [1.807, 2.05) is 30.3 Å². The van der Waals surface area contributed by atoms with Gasteiger partial charge in [-0.3, -0.25) is 14.7 Å². The second-order valence-corrected chi connectivity index (χ2v) is 11.0. The monoisotopic (exact) mass is 515 g/mol. The minimum Gasteiger partial charge on any atom is -0.494 e. The smallest absolute Gasteiger partial charge is 0.229 e. The topological polar surface area (TPSA) is 89.5 Å². The van der Waals surface area contributed by atoms with Gasteiger partial charge in [0.1, 0.15) is 11.3 Å². The Hall–Kier alpha value is -3.01. The number of ether oxygens (including phenoxy) is 1. The van der Waals surface area contributed by atoms with Gasteiger partial charge in [0.05, 0.1) is 34.7 Å². The molecule has 0 saturated heterocycles. The number of thiazole rings is 1. The molecule has 0 radical (unpaired) electrons. The lowest BCUT2D eigenvalue weighted by Crippen LogP contribution is -2.30. The van der Waals surface area contributed by atoms with E-state index >= 15 is 0 Å². The molecule has 0 spiro atoms. The molecule has 0 N–H and O–H groups in total. The van der Waals surface area contributed by atoms with E-state index in [0.29, 0.717) is 27.1 Å². The van der Waals surface area contributed by atoms with Crippen LogP contribution in [-0.2, 0) is 21.2 Å². The Labute approximate surface area is 206 Å². The first kappa shape index (κ1) is 24.1. The Morgan fingerprint density at radius 2 is 1.88 bits per heavy atom. The highest BCUT2D eigenvalue weighted by Crippen LogP contribution is 2.35. The largest absolute Gasteiger partial charge is 0.494 e. The van der Waals surface area contributed by atoms with Crippen LogP contribution in [0.5, 0.6) is 5.75 Å². The number of methoxy groups -OCH3 is 1. The van der Waals surface area contributed by atoms with Gasteiger partial charge < -0.3 is 4.74 Å². The number of fused-ring (bicyclic) bond motifs is 1. The Morgan fingerprint density at radius 1 is 1.09 bits per heavy atom. The second-order valence-electron chi connectivity index (χ2n) is 7.48. The van der Waals surface area contributed by atoms with Crippen LogP contribution < -0.4 is 9.64 Å². The molecule has 0 saturated carbocycles. The number of nitrogens with zero attached hydrogens (tertiary/aromatic N) is 3. The molecule has 0 aliphatic rings. The maximum absolute atomic E-state index is 13.3. The molecule has 4 rings (SSSR count). The predicted octanol–water partition coefficient (Wildman–Crippen LogP) is 5.14. The van der Waals surface area contributed by atoms with Crippen molar-refractivity contribution in [3.05, 3.63) is 77.6 Å². The second kappa shape index (κ2) is 10.5. The van der Waals surface area contributed by atoms with Gasteiger partial charge in [-0.15, -0.1) is 0 Å². The fraction of sp³-hybridized carbons (Fsp3) is 0.208.